The fourth-order valence-electron chi connectivity index (χ4n) is 1.97. The van der Waals surface area contributed by atoms with Crippen LogP contribution in [-0.4, -0.2) is 28.1 Å². The monoisotopic (exact) mass is 270 g/mol. The summed E-state index contributed by atoms with van der Waals surface area (Å²) in [4.78, 5) is 9.11. The molecule has 1 aromatic heterocycles. The van der Waals surface area contributed by atoms with Gasteiger partial charge >= 0.3 is 0 Å². The molecule has 0 spiro atoms. The Morgan fingerprint density at radius 2 is 2.24 bits per heavy atom. The van der Waals surface area contributed by atoms with Crippen molar-refractivity contribution in [3.8, 4) is 0 Å². The SMILES string of the molecule is NNc1nc(C2CSCCO2)nc2c1CSC2. The van der Waals surface area contributed by atoms with Crippen LogP contribution in [0.15, 0.2) is 0 Å². The van der Waals surface area contributed by atoms with Crippen molar-refractivity contribution >= 4 is 29.3 Å². The highest BCUT2D eigenvalue weighted by Gasteiger charge is 2.25. The van der Waals surface area contributed by atoms with Crippen LogP contribution < -0.4 is 11.3 Å². The number of ether oxygens (including phenoxy) is 1. The molecule has 1 saturated heterocycles. The van der Waals surface area contributed by atoms with Gasteiger partial charge in [-0.3, -0.25) is 0 Å². The number of nitrogen functional groups attached to an aromatic ring is 1. The first kappa shape index (κ1) is 11.6. The van der Waals surface area contributed by atoms with Gasteiger partial charge in [0.2, 0.25) is 0 Å². The van der Waals surface area contributed by atoms with E-state index < -0.39 is 0 Å². The summed E-state index contributed by atoms with van der Waals surface area (Å²) in [5.41, 5.74) is 4.93. The lowest BCUT2D eigenvalue weighted by Crippen LogP contribution is -2.21. The van der Waals surface area contributed by atoms with Crippen LogP contribution in [0.5, 0.6) is 0 Å². The molecule has 0 radical (unpaired) electrons. The number of aromatic nitrogens is 2. The van der Waals surface area contributed by atoms with E-state index in [-0.39, 0.29) is 6.10 Å². The molecule has 0 saturated carbocycles. The molecule has 3 N–H and O–H groups in total. The van der Waals surface area contributed by atoms with Crippen molar-refractivity contribution < 1.29 is 4.74 Å². The van der Waals surface area contributed by atoms with E-state index >= 15 is 0 Å². The molecular formula is C10H14N4OS2. The number of rotatable bonds is 2. The zero-order chi connectivity index (χ0) is 11.7. The molecule has 17 heavy (non-hydrogen) atoms. The second kappa shape index (κ2) is 5.01. The third-order valence-corrected chi connectivity index (χ3v) is 4.80. The third kappa shape index (κ3) is 2.24. The zero-order valence-electron chi connectivity index (χ0n) is 9.31. The van der Waals surface area contributed by atoms with E-state index in [4.69, 9.17) is 10.6 Å². The lowest BCUT2D eigenvalue weighted by atomic mass is 10.2. The molecule has 0 bridgehead atoms. The Balaban J connectivity index is 1.94. The summed E-state index contributed by atoms with van der Waals surface area (Å²) >= 11 is 3.73. The Labute approximate surface area is 108 Å². The average molecular weight is 270 g/mol. The van der Waals surface area contributed by atoms with Crippen molar-refractivity contribution in [2.45, 2.75) is 17.6 Å². The van der Waals surface area contributed by atoms with Crippen molar-refractivity contribution in [1.82, 2.24) is 9.97 Å². The normalized spacial score (nSPS) is 23.5. The highest BCUT2D eigenvalue weighted by atomic mass is 32.2. The van der Waals surface area contributed by atoms with Crippen molar-refractivity contribution in [3.63, 3.8) is 0 Å². The number of anilines is 1. The topological polar surface area (TPSA) is 73.1 Å². The van der Waals surface area contributed by atoms with Crippen molar-refractivity contribution in [2.75, 3.05) is 23.5 Å². The van der Waals surface area contributed by atoms with Gasteiger partial charge < -0.3 is 10.2 Å². The van der Waals surface area contributed by atoms with Gasteiger partial charge in [0.25, 0.3) is 0 Å². The molecule has 3 rings (SSSR count). The molecule has 0 aliphatic carbocycles. The lowest BCUT2D eigenvalue weighted by Gasteiger charge is -2.22. The Morgan fingerprint density at radius 3 is 3.00 bits per heavy atom. The quantitative estimate of drug-likeness (QED) is 0.620. The molecule has 5 nitrogen and oxygen atoms in total. The van der Waals surface area contributed by atoms with E-state index in [1.165, 1.54) is 0 Å². The van der Waals surface area contributed by atoms with Crippen LogP contribution in [0.25, 0.3) is 0 Å². The highest BCUT2D eigenvalue weighted by Crippen LogP contribution is 2.34. The van der Waals surface area contributed by atoms with E-state index in [9.17, 15) is 0 Å². The average Bonchev–Trinajstić information content (AvgIpc) is 2.86. The number of nitrogens with one attached hydrogen (secondary N) is 1. The van der Waals surface area contributed by atoms with Gasteiger partial charge in [-0.15, -0.1) is 0 Å². The summed E-state index contributed by atoms with van der Waals surface area (Å²) < 4.78 is 5.70. The summed E-state index contributed by atoms with van der Waals surface area (Å²) in [6, 6.07) is 0. The fraction of sp³-hybridized carbons (Fsp3) is 0.600. The van der Waals surface area contributed by atoms with Gasteiger partial charge in [0.05, 0.1) is 12.3 Å². The first-order chi connectivity index (χ1) is 8.38. The minimum atomic E-state index is 0.0109. The van der Waals surface area contributed by atoms with Gasteiger partial charge in [0, 0.05) is 28.6 Å². The van der Waals surface area contributed by atoms with Crippen molar-refractivity contribution in [1.29, 1.82) is 0 Å². The largest absolute Gasteiger partial charge is 0.368 e. The maximum absolute atomic E-state index is 5.70. The first-order valence-corrected chi connectivity index (χ1v) is 7.83. The molecule has 0 aromatic carbocycles. The fourth-order valence-corrected chi connectivity index (χ4v) is 3.85. The minimum absolute atomic E-state index is 0.0109. The van der Waals surface area contributed by atoms with Crippen molar-refractivity contribution in [3.05, 3.63) is 17.1 Å². The van der Waals surface area contributed by atoms with E-state index in [2.05, 4.69) is 15.4 Å². The van der Waals surface area contributed by atoms with E-state index in [0.717, 1.165) is 52.5 Å². The molecule has 1 fully saturated rings. The lowest BCUT2D eigenvalue weighted by molar-refractivity contribution is 0.0694. The van der Waals surface area contributed by atoms with Crippen LogP contribution in [0.1, 0.15) is 23.2 Å². The van der Waals surface area contributed by atoms with Crippen molar-refractivity contribution in [2.24, 2.45) is 5.84 Å². The molecule has 2 aliphatic heterocycles. The molecule has 7 heteroatoms. The van der Waals surface area contributed by atoms with Crippen LogP contribution in [0.2, 0.25) is 0 Å². The number of hydrogen-bond acceptors (Lipinski definition) is 7. The molecule has 3 heterocycles. The van der Waals surface area contributed by atoms with E-state index in [1.54, 1.807) is 0 Å². The van der Waals surface area contributed by atoms with Crippen LogP contribution in [0.3, 0.4) is 0 Å². The van der Waals surface area contributed by atoms with Gasteiger partial charge in [0.15, 0.2) is 5.82 Å². The predicted octanol–water partition coefficient (Wildman–Crippen LogP) is 1.31. The van der Waals surface area contributed by atoms with Crippen LogP contribution >= 0.6 is 23.5 Å². The molecule has 1 aromatic rings. The van der Waals surface area contributed by atoms with Gasteiger partial charge in [-0.1, -0.05) is 0 Å². The smallest absolute Gasteiger partial charge is 0.160 e. The summed E-state index contributed by atoms with van der Waals surface area (Å²) in [5, 5.41) is 0. The Bertz CT molecular complexity index is 423. The molecule has 0 amide bonds. The maximum atomic E-state index is 5.70. The van der Waals surface area contributed by atoms with Crippen LogP contribution in [-0.2, 0) is 16.2 Å². The third-order valence-electron chi connectivity index (χ3n) is 2.84. The summed E-state index contributed by atoms with van der Waals surface area (Å²) in [6.45, 7) is 0.774. The molecule has 92 valence electrons. The second-order valence-corrected chi connectivity index (χ2v) is 6.06. The number of hydrogen-bond donors (Lipinski definition) is 2. The number of thioether (sulfide) groups is 2. The Morgan fingerprint density at radius 1 is 1.29 bits per heavy atom. The van der Waals surface area contributed by atoms with E-state index in [1.807, 2.05) is 23.5 Å². The zero-order valence-corrected chi connectivity index (χ0v) is 10.9. The first-order valence-electron chi connectivity index (χ1n) is 5.52. The molecule has 1 atom stereocenters. The number of hydrazine groups is 1. The number of nitrogens with zero attached hydrogens (tertiary/aromatic N) is 2. The summed E-state index contributed by atoms with van der Waals surface area (Å²) in [7, 11) is 0. The molecule has 1 unspecified atom stereocenters. The van der Waals surface area contributed by atoms with Gasteiger partial charge in [-0.2, -0.15) is 23.5 Å². The molecular weight excluding hydrogens is 256 g/mol. The standard InChI is InChI=1S/C10H14N4OS2/c11-14-9-6-3-17-4-7(6)12-10(13-9)8-5-16-2-1-15-8/h8H,1-5,11H2,(H,12,13,14). The van der Waals surface area contributed by atoms with Gasteiger partial charge in [-0.25, -0.2) is 15.8 Å². The Hall–Kier alpha value is -0.500. The number of fused-ring (bicyclic) bond motifs is 1. The minimum Gasteiger partial charge on any atom is -0.368 e. The summed E-state index contributed by atoms with van der Waals surface area (Å²) in [6.07, 6.45) is 0.0109. The summed E-state index contributed by atoms with van der Waals surface area (Å²) in [5.74, 6) is 10.9. The van der Waals surface area contributed by atoms with Crippen LogP contribution in [0.4, 0.5) is 5.82 Å². The van der Waals surface area contributed by atoms with E-state index in [0.29, 0.717) is 0 Å². The van der Waals surface area contributed by atoms with Crippen LogP contribution in [0, 0.1) is 0 Å². The van der Waals surface area contributed by atoms with Gasteiger partial charge in [-0.05, 0) is 0 Å². The predicted molar refractivity (Wildman–Crippen MR) is 70.9 cm³/mol. The van der Waals surface area contributed by atoms with Gasteiger partial charge in [0.1, 0.15) is 11.9 Å². The maximum Gasteiger partial charge on any atom is 0.160 e. The number of nitrogens with two attached hydrogens (primary N) is 1. The second-order valence-electron chi connectivity index (χ2n) is 3.93. The molecule has 2 aliphatic rings. The Kier molecular flexibility index (Phi) is 3.41. The highest BCUT2D eigenvalue weighted by molar-refractivity contribution is 7.99.